The normalized spacial score (nSPS) is 10.9. The molecule has 0 atom stereocenters. The van der Waals surface area contributed by atoms with Gasteiger partial charge in [-0.2, -0.15) is 0 Å². The zero-order valence-corrected chi connectivity index (χ0v) is 16.1. The molecule has 0 aliphatic carbocycles. The molecular weight excluding hydrogens is 334 g/mol. The number of ether oxygens (including phenoxy) is 2. The minimum atomic E-state index is 0.465. The van der Waals surface area contributed by atoms with Crippen molar-refractivity contribution in [3.05, 3.63) is 58.6 Å². The Balaban J connectivity index is 2.05. The first-order valence-electron chi connectivity index (χ1n) is 8.92. The second kappa shape index (κ2) is 10.3. The molecule has 0 aromatic heterocycles. The van der Waals surface area contributed by atoms with Gasteiger partial charge in [0.2, 0.25) is 0 Å². The average Bonchev–Trinajstić information content (AvgIpc) is 2.59. The van der Waals surface area contributed by atoms with Crippen LogP contribution < -0.4 is 14.8 Å². The first-order chi connectivity index (χ1) is 12.1. The van der Waals surface area contributed by atoms with Crippen molar-refractivity contribution in [2.24, 2.45) is 5.92 Å². The van der Waals surface area contributed by atoms with Crippen LogP contribution in [0, 0.1) is 5.92 Å². The molecule has 0 saturated carbocycles. The summed E-state index contributed by atoms with van der Waals surface area (Å²) in [5, 5.41) is 4.04. The summed E-state index contributed by atoms with van der Waals surface area (Å²) in [5.74, 6) is 2.01. The van der Waals surface area contributed by atoms with Crippen molar-refractivity contribution in [3.63, 3.8) is 0 Å². The van der Waals surface area contributed by atoms with Gasteiger partial charge < -0.3 is 14.8 Å². The van der Waals surface area contributed by atoms with Gasteiger partial charge in [-0.15, -0.1) is 0 Å². The van der Waals surface area contributed by atoms with Gasteiger partial charge in [-0.25, -0.2) is 0 Å². The summed E-state index contributed by atoms with van der Waals surface area (Å²) in [7, 11) is 0. The van der Waals surface area contributed by atoms with E-state index in [1.54, 1.807) is 0 Å². The van der Waals surface area contributed by atoms with E-state index >= 15 is 0 Å². The van der Waals surface area contributed by atoms with Crippen molar-refractivity contribution < 1.29 is 9.47 Å². The van der Waals surface area contributed by atoms with Crippen molar-refractivity contribution in [2.75, 3.05) is 13.2 Å². The molecule has 0 unspecified atom stereocenters. The van der Waals surface area contributed by atoms with E-state index in [4.69, 9.17) is 21.1 Å². The number of benzene rings is 2. The summed E-state index contributed by atoms with van der Waals surface area (Å²) >= 11 is 6.47. The van der Waals surface area contributed by atoms with Gasteiger partial charge in [0.25, 0.3) is 0 Å². The van der Waals surface area contributed by atoms with Gasteiger partial charge in [0.15, 0.2) is 11.5 Å². The SMILES string of the molecule is CCOc1cc(CNCCC(C)C)cc(Cl)c1OCc1ccccc1. The zero-order chi connectivity index (χ0) is 18.1. The van der Waals surface area contributed by atoms with Crippen LogP contribution in [0.1, 0.15) is 38.3 Å². The van der Waals surface area contributed by atoms with Crippen molar-refractivity contribution >= 4 is 11.6 Å². The Kier molecular flexibility index (Phi) is 8.10. The number of halogens is 1. The van der Waals surface area contributed by atoms with Gasteiger partial charge >= 0.3 is 0 Å². The summed E-state index contributed by atoms with van der Waals surface area (Å²) in [6.45, 7) is 9.21. The molecule has 136 valence electrons. The lowest BCUT2D eigenvalue weighted by atomic mass is 10.1. The quantitative estimate of drug-likeness (QED) is 0.570. The lowest BCUT2D eigenvalue weighted by Crippen LogP contribution is -2.16. The smallest absolute Gasteiger partial charge is 0.180 e. The van der Waals surface area contributed by atoms with Crippen LogP contribution in [0.3, 0.4) is 0 Å². The fraction of sp³-hybridized carbons (Fsp3) is 0.429. The molecule has 25 heavy (non-hydrogen) atoms. The number of hydrogen-bond donors (Lipinski definition) is 1. The lowest BCUT2D eigenvalue weighted by molar-refractivity contribution is 0.269. The molecule has 0 fully saturated rings. The van der Waals surface area contributed by atoms with Crippen LogP contribution in [-0.2, 0) is 13.2 Å². The molecule has 0 amide bonds. The van der Waals surface area contributed by atoms with Crippen LogP contribution in [0.15, 0.2) is 42.5 Å². The second-order valence-electron chi connectivity index (χ2n) is 6.47. The van der Waals surface area contributed by atoms with Crippen LogP contribution >= 0.6 is 11.6 Å². The first kappa shape index (κ1) is 19.6. The number of hydrogen-bond acceptors (Lipinski definition) is 3. The van der Waals surface area contributed by atoms with Gasteiger partial charge in [-0.1, -0.05) is 55.8 Å². The van der Waals surface area contributed by atoms with Gasteiger partial charge in [0, 0.05) is 6.54 Å². The van der Waals surface area contributed by atoms with Crippen LogP contribution in [0.4, 0.5) is 0 Å². The molecule has 0 radical (unpaired) electrons. The Hall–Kier alpha value is -1.71. The molecule has 2 aromatic carbocycles. The van der Waals surface area contributed by atoms with Crippen LogP contribution in [-0.4, -0.2) is 13.2 Å². The van der Waals surface area contributed by atoms with Crippen molar-refractivity contribution in [1.82, 2.24) is 5.32 Å². The van der Waals surface area contributed by atoms with E-state index in [2.05, 4.69) is 19.2 Å². The topological polar surface area (TPSA) is 30.5 Å². The number of rotatable bonds is 10. The largest absolute Gasteiger partial charge is 0.490 e. The van der Waals surface area contributed by atoms with E-state index in [0.29, 0.717) is 35.7 Å². The Morgan fingerprint density at radius 2 is 1.80 bits per heavy atom. The molecular formula is C21H28ClNO2. The van der Waals surface area contributed by atoms with E-state index in [9.17, 15) is 0 Å². The highest BCUT2D eigenvalue weighted by atomic mass is 35.5. The van der Waals surface area contributed by atoms with Crippen LogP contribution in [0.25, 0.3) is 0 Å². The van der Waals surface area contributed by atoms with E-state index in [-0.39, 0.29) is 0 Å². The minimum absolute atomic E-state index is 0.465. The molecule has 0 spiro atoms. The molecule has 4 heteroatoms. The van der Waals surface area contributed by atoms with E-state index < -0.39 is 0 Å². The predicted molar refractivity (Wildman–Crippen MR) is 105 cm³/mol. The maximum Gasteiger partial charge on any atom is 0.180 e. The maximum atomic E-state index is 6.47. The molecule has 0 heterocycles. The van der Waals surface area contributed by atoms with Gasteiger partial charge in [0.05, 0.1) is 11.6 Å². The van der Waals surface area contributed by atoms with Crippen LogP contribution in [0.2, 0.25) is 5.02 Å². The molecule has 2 rings (SSSR count). The molecule has 3 nitrogen and oxygen atoms in total. The van der Waals surface area contributed by atoms with Crippen molar-refractivity contribution in [2.45, 2.75) is 40.3 Å². The summed E-state index contributed by atoms with van der Waals surface area (Å²) in [6, 6.07) is 14.0. The fourth-order valence-electron chi connectivity index (χ4n) is 2.48. The summed E-state index contributed by atoms with van der Waals surface area (Å²) in [4.78, 5) is 0. The highest BCUT2D eigenvalue weighted by Crippen LogP contribution is 2.37. The molecule has 0 bridgehead atoms. The van der Waals surface area contributed by atoms with Crippen LogP contribution in [0.5, 0.6) is 11.5 Å². The third kappa shape index (κ3) is 6.60. The highest BCUT2D eigenvalue weighted by molar-refractivity contribution is 6.32. The van der Waals surface area contributed by atoms with Gasteiger partial charge in [-0.3, -0.25) is 0 Å². The average molecular weight is 362 g/mol. The van der Waals surface area contributed by atoms with Crippen molar-refractivity contribution in [3.8, 4) is 11.5 Å². The first-order valence-corrected chi connectivity index (χ1v) is 9.30. The lowest BCUT2D eigenvalue weighted by Gasteiger charge is -2.16. The Labute approximate surface area is 156 Å². The van der Waals surface area contributed by atoms with E-state index in [1.165, 1.54) is 0 Å². The molecule has 2 aromatic rings. The third-order valence-electron chi connectivity index (χ3n) is 3.82. The van der Waals surface area contributed by atoms with Crippen molar-refractivity contribution in [1.29, 1.82) is 0 Å². The summed E-state index contributed by atoms with van der Waals surface area (Å²) in [5.41, 5.74) is 2.20. The standard InChI is InChI=1S/C21H28ClNO2/c1-4-24-20-13-18(14-23-11-10-16(2)3)12-19(22)21(20)25-15-17-8-6-5-7-9-17/h5-9,12-13,16,23H,4,10-11,14-15H2,1-3H3. The second-order valence-corrected chi connectivity index (χ2v) is 6.88. The Morgan fingerprint density at radius 3 is 2.48 bits per heavy atom. The predicted octanol–water partition coefficient (Wildman–Crippen LogP) is 5.45. The monoisotopic (exact) mass is 361 g/mol. The maximum absolute atomic E-state index is 6.47. The van der Waals surface area contributed by atoms with Gasteiger partial charge in [0.1, 0.15) is 6.61 Å². The van der Waals surface area contributed by atoms with E-state index in [0.717, 1.165) is 30.6 Å². The summed E-state index contributed by atoms with van der Waals surface area (Å²) in [6.07, 6.45) is 1.16. The third-order valence-corrected chi connectivity index (χ3v) is 4.10. The molecule has 0 aliphatic heterocycles. The zero-order valence-electron chi connectivity index (χ0n) is 15.3. The molecule has 0 aliphatic rings. The fourth-order valence-corrected chi connectivity index (χ4v) is 2.77. The number of nitrogens with one attached hydrogen (secondary N) is 1. The highest BCUT2D eigenvalue weighted by Gasteiger charge is 2.13. The molecule has 0 saturated heterocycles. The Bertz CT molecular complexity index is 644. The Morgan fingerprint density at radius 1 is 1.04 bits per heavy atom. The van der Waals surface area contributed by atoms with Gasteiger partial charge in [-0.05, 0) is 49.1 Å². The summed E-state index contributed by atoms with van der Waals surface area (Å²) < 4.78 is 11.7. The molecule has 1 N–H and O–H groups in total. The van der Waals surface area contributed by atoms with E-state index in [1.807, 2.05) is 49.4 Å². The minimum Gasteiger partial charge on any atom is -0.490 e.